The van der Waals surface area contributed by atoms with Gasteiger partial charge in [-0.1, -0.05) is 36.4 Å². The van der Waals surface area contributed by atoms with Crippen molar-refractivity contribution in [3.05, 3.63) is 77.9 Å². The molecule has 0 bridgehead atoms. The van der Waals surface area contributed by atoms with Gasteiger partial charge in [0.2, 0.25) is 5.91 Å². The minimum Gasteiger partial charge on any atom is -0.344 e. The molecule has 1 fully saturated rings. The first-order valence-electron chi connectivity index (χ1n) is 13.4. The number of alkyl halides is 3. The fourth-order valence-corrected chi connectivity index (χ4v) is 5.49. The third-order valence-corrected chi connectivity index (χ3v) is 7.58. The molecule has 1 atom stereocenters. The summed E-state index contributed by atoms with van der Waals surface area (Å²) >= 11 is 0. The Bertz CT molecular complexity index is 1780. The van der Waals surface area contributed by atoms with E-state index in [9.17, 15) is 18.0 Å². The molecule has 2 aromatic heterocycles. The number of carbonyl (C=O) groups is 1. The maximum absolute atomic E-state index is 15.7. The van der Waals surface area contributed by atoms with Crippen LogP contribution < -0.4 is 5.32 Å². The van der Waals surface area contributed by atoms with Crippen LogP contribution in [-0.2, 0) is 24.6 Å². The molecule has 1 amide bonds. The summed E-state index contributed by atoms with van der Waals surface area (Å²) in [7, 11) is 3.41. The number of benzene rings is 3. The first-order valence-corrected chi connectivity index (χ1v) is 13.4. The molecule has 216 valence electrons. The number of hydrogen-bond acceptors (Lipinski definition) is 5. The fraction of sp³-hybridized carbons (Fsp3) is 0.267. The van der Waals surface area contributed by atoms with Crippen LogP contribution in [-0.4, -0.2) is 55.2 Å². The van der Waals surface area contributed by atoms with E-state index in [2.05, 4.69) is 25.5 Å². The smallest absolute Gasteiger partial charge is 0.344 e. The highest BCUT2D eigenvalue weighted by atomic mass is 19.4. The number of H-pyrrole nitrogens is 1. The molecule has 6 rings (SSSR count). The molecule has 0 aliphatic carbocycles. The van der Waals surface area contributed by atoms with Crippen molar-refractivity contribution >= 4 is 16.9 Å². The molecular weight excluding hydrogens is 550 g/mol. The monoisotopic (exact) mass is 577 g/mol. The van der Waals surface area contributed by atoms with Crippen LogP contribution in [0, 0.1) is 5.82 Å². The van der Waals surface area contributed by atoms with Gasteiger partial charge in [0.05, 0.1) is 22.7 Å². The number of aryl methyl sites for hydroxylation is 1. The number of rotatable bonds is 6. The van der Waals surface area contributed by atoms with E-state index in [1.54, 1.807) is 35.7 Å². The first-order chi connectivity index (χ1) is 20.1. The summed E-state index contributed by atoms with van der Waals surface area (Å²) in [5.74, 6) is -0.515. The number of piperidine rings is 1. The van der Waals surface area contributed by atoms with E-state index in [-0.39, 0.29) is 34.9 Å². The molecule has 1 saturated heterocycles. The van der Waals surface area contributed by atoms with Crippen LogP contribution in [0.25, 0.3) is 44.9 Å². The molecule has 1 aliphatic heterocycles. The van der Waals surface area contributed by atoms with E-state index in [0.717, 1.165) is 18.1 Å². The Balaban J connectivity index is 1.50. The van der Waals surface area contributed by atoms with Crippen molar-refractivity contribution in [3.8, 4) is 33.9 Å². The van der Waals surface area contributed by atoms with Crippen molar-refractivity contribution in [3.63, 3.8) is 0 Å². The Labute approximate surface area is 238 Å². The second-order valence-electron chi connectivity index (χ2n) is 10.4. The highest BCUT2D eigenvalue weighted by molar-refractivity contribution is 5.93. The van der Waals surface area contributed by atoms with Crippen LogP contribution in [0.5, 0.6) is 0 Å². The number of nitrogens with one attached hydrogen (secondary N) is 2. The molecule has 8 nitrogen and oxygen atoms in total. The normalized spacial score (nSPS) is 16.0. The summed E-state index contributed by atoms with van der Waals surface area (Å²) in [5.41, 5.74) is 0.833. The number of fused-ring (bicyclic) bond motifs is 1. The predicted octanol–water partition coefficient (Wildman–Crippen LogP) is 5.56. The van der Waals surface area contributed by atoms with E-state index in [1.165, 1.54) is 12.4 Å². The van der Waals surface area contributed by atoms with Crippen LogP contribution in [0.3, 0.4) is 0 Å². The predicted molar refractivity (Wildman–Crippen MR) is 149 cm³/mol. The van der Waals surface area contributed by atoms with Gasteiger partial charge in [0.15, 0.2) is 5.82 Å². The van der Waals surface area contributed by atoms with Crippen LogP contribution >= 0.6 is 0 Å². The summed E-state index contributed by atoms with van der Waals surface area (Å²) in [5, 5.41) is 11.2. The van der Waals surface area contributed by atoms with E-state index < -0.39 is 23.6 Å². The molecule has 42 heavy (non-hydrogen) atoms. The van der Waals surface area contributed by atoms with Gasteiger partial charge in [0, 0.05) is 32.7 Å². The summed E-state index contributed by atoms with van der Waals surface area (Å²) in [4.78, 5) is 21.3. The number of aromatic nitrogens is 5. The number of hydrogen-bond donors (Lipinski definition) is 2. The van der Waals surface area contributed by atoms with Crippen molar-refractivity contribution in [1.29, 1.82) is 0 Å². The molecular formula is C30H27F4N7O. The quantitative estimate of drug-likeness (QED) is 0.258. The van der Waals surface area contributed by atoms with E-state index >= 15 is 4.39 Å². The Morgan fingerprint density at radius 2 is 1.86 bits per heavy atom. The van der Waals surface area contributed by atoms with Gasteiger partial charge in [-0.15, -0.1) is 10.2 Å². The minimum atomic E-state index is -4.72. The summed E-state index contributed by atoms with van der Waals surface area (Å²) in [6, 6.07) is 14.2. The van der Waals surface area contributed by atoms with Crippen LogP contribution in [0.4, 0.5) is 17.6 Å². The molecule has 0 saturated carbocycles. The molecule has 0 radical (unpaired) electrons. The van der Waals surface area contributed by atoms with Crippen molar-refractivity contribution in [2.24, 2.45) is 7.05 Å². The second kappa shape index (κ2) is 10.7. The zero-order chi connectivity index (χ0) is 29.6. The Morgan fingerprint density at radius 1 is 1.07 bits per heavy atom. The second-order valence-corrected chi connectivity index (χ2v) is 10.4. The maximum atomic E-state index is 15.7. The highest BCUT2D eigenvalue weighted by Gasteiger charge is 2.35. The van der Waals surface area contributed by atoms with Gasteiger partial charge >= 0.3 is 6.18 Å². The molecule has 5 aromatic rings. The van der Waals surface area contributed by atoms with E-state index in [1.807, 2.05) is 30.3 Å². The molecule has 0 spiro atoms. The first kappa shape index (κ1) is 27.6. The van der Waals surface area contributed by atoms with Crippen molar-refractivity contribution in [1.82, 2.24) is 34.9 Å². The topological polar surface area (TPSA) is 91.7 Å². The SMILES string of the molecule is CN1CCC[C@H](NCc2cc(C(F)(F)F)c3nc(-c4c(F)ccc(-c5ccccc5)c4-c4nncn4C)[nH]c3c2)C1=O. The van der Waals surface area contributed by atoms with Gasteiger partial charge in [-0.2, -0.15) is 13.2 Å². The molecule has 0 unspecified atom stereocenters. The fourth-order valence-electron chi connectivity index (χ4n) is 5.49. The number of likely N-dealkylation sites (N-methyl/N-ethyl adjacent to an activating group) is 1. The van der Waals surface area contributed by atoms with Crippen molar-refractivity contribution < 1.29 is 22.4 Å². The van der Waals surface area contributed by atoms with Gasteiger partial charge in [-0.05, 0) is 47.7 Å². The Kier molecular flexibility index (Phi) is 7.01. The van der Waals surface area contributed by atoms with Gasteiger partial charge in [0.25, 0.3) is 0 Å². The van der Waals surface area contributed by atoms with Crippen molar-refractivity contribution in [2.75, 3.05) is 13.6 Å². The van der Waals surface area contributed by atoms with E-state index in [4.69, 9.17) is 0 Å². The summed E-state index contributed by atoms with van der Waals surface area (Å²) < 4.78 is 60.2. The average molecular weight is 578 g/mol. The Hall–Kier alpha value is -4.58. The van der Waals surface area contributed by atoms with Gasteiger partial charge in [0.1, 0.15) is 23.5 Å². The number of halogens is 4. The maximum Gasteiger partial charge on any atom is 0.418 e. The lowest BCUT2D eigenvalue weighted by atomic mass is 9.94. The zero-order valence-electron chi connectivity index (χ0n) is 22.8. The number of aromatic amines is 1. The zero-order valence-corrected chi connectivity index (χ0v) is 22.8. The third-order valence-electron chi connectivity index (χ3n) is 7.58. The lowest BCUT2D eigenvalue weighted by molar-refractivity contribution is -0.136. The van der Waals surface area contributed by atoms with E-state index in [0.29, 0.717) is 35.5 Å². The minimum absolute atomic E-state index is 0.0210. The number of nitrogens with zero attached hydrogens (tertiary/aromatic N) is 5. The lowest BCUT2D eigenvalue weighted by Crippen LogP contribution is -2.48. The largest absolute Gasteiger partial charge is 0.418 e. The number of carbonyl (C=O) groups excluding carboxylic acids is 1. The van der Waals surface area contributed by atoms with Gasteiger partial charge in [-0.3, -0.25) is 4.79 Å². The standard InChI is InChI=1S/C30H27F4N7O/c1-40-12-6-9-22(29(40)42)35-15-17-13-20(30(32,33)34)26-23(14-17)37-27(38-26)25-21(31)11-10-19(18-7-4-3-5-8-18)24(25)28-39-36-16-41(28)2/h3-5,7-8,10-11,13-14,16,22,35H,6,9,12,15H2,1-2H3,(H,37,38)/t22-/m0/s1. The Morgan fingerprint density at radius 3 is 2.57 bits per heavy atom. The van der Waals surface area contributed by atoms with Crippen molar-refractivity contribution in [2.45, 2.75) is 31.6 Å². The molecule has 1 aliphatic rings. The average Bonchev–Trinajstić information content (AvgIpc) is 3.58. The van der Waals surface area contributed by atoms with Crippen LogP contribution in [0.1, 0.15) is 24.0 Å². The summed E-state index contributed by atoms with van der Waals surface area (Å²) in [6.45, 7) is 0.691. The van der Waals surface area contributed by atoms with Crippen LogP contribution in [0.15, 0.2) is 60.9 Å². The van der Waals surface area contributed by atoms with Gasteiger partial charge in [-0.25, -0.2) is 9.37 Å². The molecule has 3 heterocycles. The summed E-state index contributed by atoms with van der Waals surface area (Å²) in [6.07, 6.45) is -1.85. The van der Waals surface area contributed by atoms with Gasteiger partial charge < -0.3 is 19.8 Å². The third kappa shape index (κ3) is 5.02. The number of likely N-dealkylation sites (tertiary alicyclic amines) is 1. The molecule has 12 heteroatoms. The van der Waals surface area contributed by atoms with Crippen LogP contribution in [0.2, 0.25) is 0 Å². The molecule has 2 N–H and O–H groups in total. The highest BCUT2D eigenvalue weighted by Crippen LogP contribution is 2.42. The molecule has 3 aromatic carbocycles. The number of imidazole rings is 1. The number of amides is 1. The lowest BCUT2D eigenvalue weighted by Gasteiger charge is -2.29.